The van der Waals surface area contributed by atoms with Crippen molar-refractivity contribution in [1.82, 2.24) is 0 Å². The molecule has 1 aliphatic rings. The van der Waals surface area contributed by atoms with Crippen molar-refractivity contribution < 1.29 is 23.7 Å². The van der Waals surface area contributed by atoms with Gasteiger partial charge in [0.25, 0.3) is 0 Å². The smallest absolute Gasteiger partial charge is 0.246 e. The molecule has 1 heterocycles. The molecule has 9 heteroatoms. The van der Waals surface area contributed by atoms with Crippen LogP contribution in [0.5, 0.6) is 28.7 Å². The van der Waals surface area contributed by atoms with Crippen LogP contribution in [0.15, 0.2) is 40.9 Å². The molecule has 31 heavy (non-hydrogen) atoms. The molecule has 3 rings (SSSR count). The van der Waals surface area contributed by atoms with Gasteiger partial charge in [-0.05, 0) is 31.1 Å². The molecule has 0 aliphatic carbocycles. The Kier molecular flexibility index (Phi) is 8.34. The average molecular weight is 508 g/mol. The molecule has 1 aliphatic heterocycles. The molecule has 0 fully saturated rings. The van der Waals surface area contributed by atoms with E-state index in [2.05, 4.69) is 0 Å². The van der Waals surface area contributed by atoms with Crippen LogP contribution in [0, 0.1) is 0 Å². The Hall–Kier alpha value is -1.66. The molecule has 0 saturated heterocycles. The molecule has 2 aromatic rings. The van der Waals surface area contributed by atoms with Crippen molar-refractivity contribution in [3.63, 3.8) is 0 Å². The summed E-state index contributed by atoms with van der Waals surface area (Å²) < 4.78 is 28.7. The Bertz CT molecular complexity index is 918. The van der Waals surface area contributed by atoms with Crippen LogP contribution in [-0.2, 0) is 0 Å². The maximum atomic E-state index is 6.27. The Morgan fingerprint density at radius 3 is 2.32 bits per heavy atom. The van der Waals surface area contributed by atoms with Crippen molar-refractivity contribution in [2.24, 2.45) is 0 Å². The number of hydrogen-bond acceptors (Lipinski definition) is 5. The summed E-state index contributed by atoms with van der Waals surface area (Å²) in [4.78, 5) is 0. The quantitative estimate of drug-likeness (QED) is 0.313. The summed E-state index contributed by atoms with van der Waals surface area (Å²) in [6.07, 6.45) is 3.04. The van der Waals surface area contributed by atoms with Gasteiger partial charge in [-0.2, -0.15) is 0 Å². The van der Waals surface area contributed by atoms with Gasteiger partial charge in [-0.15, -0.1) is 0 Å². The van der Waals surface area contributed by atoms with Crippen molar-refractivity contribution in [1.29, 1.82) is 0 Å². The third kappa shape index (κ3) is 6.91. The molecule has 0 spiro atoms. The number of para-hydroxylation sites is 1. The Morgan fingerprint density at radius 1 is 0.968 bits per heavy atom. The molecule has 0 bridgehead atoms. The number of ether oxygens (including phenoxy) is 5. The van der Waals surface area contributed by atoms with Crippen LogP contribution in [-0.4, -0.2) is 25.6 Å². The molecule has 168 valence electrons. The minimum absolute atomic E-state index is 0.127. The van der Waals surface area contributed by atoms with Gasteiger partial charge in [0.05, 0.1) is 23.3 Å². The summed E-state index contributed by atoms with van der Waals surface area (Å²) >= 11 is 23.6. The largest absolute Gasteiger partial charge is 0.490 e. The highest BCUT2D eigenvalue weighted by Crippen LogP contribution is 2.45. The average Bonchev–Trinajstić information content (AvgIpc) is 3.00. The molecule has 0 atom stereocenters. The highest BCUT2D eigenvalue weighted by molar-refractivity contribution is 6.55. The minimum Gasteiger partial charge on any atom is -0.490 e. The lowest BCUT2D eigenvalue weighted by molar-refractivity contribution is -0.0441. The Balaban J connectivity index is 1.43. The van der Waals surface area contributed by atoms with Crippen molar-refractivity contribution >= 4 is 46.4 Å². The molecule has 5 nitrogen and oxygen atoms in total. The van der Waals surface area contributed by atoms with Gasteiger partial charge in [0.2, 0.25) is 11.5 Å². The summed E-state index contributed by atoms with van der Waals surface area (Å²) in [6.45, 7) is 4.86. The summed E-state index contributed by atoms with van der Waals surface area (Å²) in [5.41, 5.74) is 0. The molecular formula is C22H22Cl4O5. The van der Waals surface area contributed by atoms with Gasteiger partial charge in [-0.25, -0.2) is 0 Å². The Morgan fingerprint density at radius 2 is 1.65 bits per heavy atom. The van der Waals surface area contributed by atoms with E-state index in [4.69, 9.17) is 70.1 Å². The number of hydrogen-bond donors (Lipinski definition) is 0. The topological polar surface area (TPSA) is 46.2 Å². The lowest BCUT2D eigenvalue weighted by Gasteiger charge is -2.16. The van der Waals surface area contributed by atoms with Crippen molar-refractivity contribution in [3.05, 3.63) is 50.9 Å². The van der Waals surface area contributed by atoms with Crippen LogP contribution < -0.4 is 23.7 Å². The van der Waals surface area contributed by atoms with Crippen LogP contribution >= 0.6 is 46.4 Å². The van der Waals surface area contributed by atoms with E-state index >= 15 is 0 Å². The maximum Gasteiger partial charge on any atom is 0.246 e. The fraction of sp³-hybridized carbons (Fsp3) is 0.364. The van der Waals surface area contributed by atoms with Crippen LogP contribution in [0.3, 0.4) is 0 Å². The molecule has 0 aromatic heterocycles. The maximum absolute atomic E-state index is 6.27. The van der Waals surface area contributed by atoms with E-state index in [9.17, 15) is 0 Å². The molecule has 0 saturated carbocycles. The van der Waals surface area contributed by atoms with Gasteiger partial charge in [-0.3, -0.25) is 0 Å². The molecule has 0 N–H and O–H groups in total. The fourth-order valence-corrected chi connectivity index (χ4v) is 3.54. The molecular weight excluding hydrogens is 486 g/mol. The number of benzene rings is 2. The van der Waals surface area contributed by atoms with Crippen LogP contribution in [0.2, 0.25) is 10.0 Å². The van der Waals surface area contributed by atoms with E-state index in [1.807, 2.05) is 32.0 Å². The van der Waals surface area contributed by atoms with Crippen LogP contribution in [0.25, 0.3) is 0 Å². The first-order valence-corrected chi connectivity index (χ1v) is 11.2. The van der Waals surface area contributed by atoms with Gasteiger partial charge in [-0.1, -0.05) is 52.5 Å². The SMILES string of the molecule is CC1(C)Oc2cccc(OCCCCOc3c(Cl)cc(OCC=C(Cl)Cl)cc3Cl)c2O1. The van der Waals surface area contributed by atoms with E-state index in [1.54, 1.807) is 12.1 Å². The van der Waals surface area contributed by atoms with Gasteiger partial charge in [0.1, 0.15) is 16.8 Å². The first-order valence-electron chi connectivity index (χ1n) is 9.65. The molecule has 0 radical (unpaired) electrons. The summed E-state index contributed by atoms with van der Waals surface area (Å²) in [6, 6.07) is 8.85. The summed E-state index contributed by atoms with van der Waals surface area (Å²) in [5.74, 6) is 2.19. The second-order valence-corrected chi connectivity index (χ2v) is 8.93. The van der Waals surface area contributed by atoms with Crippen LogP contribution in [0.4, 0.5) is 0 Å². The zero-order chi connectivity index (χ0) is 22.4. The third-order valence-corrected chi connectivity index (χ3v) is 5.02. The number of fused-ring (bicyclic) bond motifs is 1. The zero-order valence-corrected chi connectivity index (χ0v) is 20.1. The Labute approximate surface area is 201 Å². The normalized spacial score (nSPS) is 13.6. The number of halogens is 4. The van der Waals surface area contributed by atoms with E-state index in [1.165, 1.54) is 6.08 Å². The first kappa shape index (κ1) is 24.0. The van der Waals surface area contributed by atoms with Crippen molar-refractivity contribution in [2.75, 3.05) is 19.8 Å². The highest BCUT2D eigenvalue weighted by atomic mass is 35.5. The second-order valence-electron chi connectivity index (χ2n) is 7.11. The van der Waals surface area contributed by atoms with Gasteiger partial charge < -0.3 is 23.7 Å². The third-order valence-electron chi connectivity index (χ3n) is 4.15. The standard InChI is InChI=1S/C22H22Cl4O5/c1-22(2)30-18-7-5-6-17(21(18)31-22)28-9-3-4-10-29-20-15(23)12-14(13-16(20)24)27-11-8-19(25)26/h5-8,12-13H,3-4,9-11H2,1-2H3. The molecule has 0 unspecified atom stereocenters. The first-order chi connectivity index (χ1) is 14.7. The minimum atomic E-state index is -0.692. The van der Waals surface area contributed by atoms with Gasteiger partial charge in [0.15, 0.2) is 17.2 Å². The zero-order valence-electron chi connectivity index (χ0n) is 17.1. The monoisotopic (exact) mass is 506 g/mol. The summed E-state index contributed by atoms with van der Waals surface area (Å²) in [7, 11) is 0. The van der Waals surface area contributed by atoms with Crippen molar-refractivity contribution in [3.8, 4) is 28.7 Å². The van der Waals surface area contributed by atoms with E-state index < -0.39 is 5.79 Å². The second kappa shape index (κ2) is 10.8. The van der Waals surface area contributed by atoms with Crippen molar-refractivity contribution in [2.45, 2.75) is 32.5 Å². The van der Waals surface area contributed by atoms with Gasteiger partial charge in [0, 0.05) is 26.0 Å². The lowest BCUT2D eigenvalue weighted by Crippen LogP contribution is -2.29. The highest BCUT2D eigenvalue weighted by Gasteiger charge is 2.33. The number of rotatable bonds is 10. The molecule has 2 aromatic carbocycles. The lowest BCUT2D eigenvalue weighted by atomic mass is 10.3. The van der Waals surface area contributed by atoms with E-state index in [0.717, 1.165) is 12.8 Å². The number of unbranched alkanes of at least 4 members (excludes halogenated alkanes) is 1. The van der Waals surface area contributed by atoms with E-state index in [0.29, 0.717) is 52.0 Å². The fourth-order valence-electron chi connectivity index (χ4n) is 2.84. The molecule has 0 amide bonds. The van der Waals surface area contributed by atoms with E-state index in [-0.39, 0.29) is 11.1 Å². The van der Waals surface area contributed by atoms with Gasteiger partial charge >= 0.3 is 0 Å². The predicted molar refractivity (Wildman–Crippen MR) is 124 cm³/mol. The van der Waals surface area contributed by atoms with Crippen LogP contribution in [0.1, 0.15) is 26.7 Å². The predicted octanol–water partition coefficient (Wildman–Crippen LogP) is 7.44. The summed E-state index contributed by atoms with van der Waals surface area (Å²) in [5, 5.41) is 0.721.